The highest BCUT2D eigenvalue weighted by atomic mass is 16.6. The second-order valence-corrected chi connectivity index (χ2v) is 5.79. The zero-order valence-corrected chi connectivity index (χ0v) is 13.8. The van der Waals surface area contributed by atoms with Gasteiger partial charge in [0.15, 0.2) is 0 Å². The molecule has 0 radical (unpaired) electrons. The molecular formula is C18H19N3O4. The molecule has 0 aromatic heterocycles. The fraction of sp³-hybridized carbons (Fsp3) is 0.278. The summed E-state index contributed by atoms with van der Waals surface area (Å²) in [4.78, 5) is 25.1. The third kappa shape index (κ3) is 3.46. The van der Waals surface area contributed by atoms with Crippen molar-refractivity contribution in [3.63, 3.8) is 0 Å². The number of rotatable bonds is 6. The maximum atomic E-state index is 12.9. The van der Waals surface area contributed by atoms with E-state index in [1.807, 2.05) is 18.2 Å². The van der Waals surface area contributed by atoms with Crippen molar-refractivity contribution in [2.45, 2.75) is 12.6 Å². The van der Waals surface area contributed by atoms with Gasteiger partial charge >= 0.3 is 0 Å². The summed E-state index contributed by atoms with van der Waals surface area (Å²) in [6.45, 7) is 1.08. The standard InChI is InChI=1S/C18H19N3O4/c1-25-12-4-11-20-17(13-7-9-14(10-8-13)21(23)24)19-16-6-3-2-5-15(16)18(20)22/h2-3,5-10,17,19H,4,11-12H2,1H3. The average molecular weight is 341 g/mol. The van der Waals surface area contributed by atoms with E-state index in [9.17, 15) is 14.9 Å². The number of amides is 1. The largest absolute Gasteiger partial charge is 0.385 e. The lowest BCUT2D eigenvalue weighted by molar-refractivity contribution is -0.384. The van der Waals surface area contributed by atoms with Crippen LogP contribution in [-0.2, 0) is 4.74 Å². The zero-order valence-electron chi connectivity index (χ0n) is 13.8. The van der Waals surface area contributed by atoms with Crippen LogP contribution in [0.2, 0.25) is 0 Å². The maximum absolute atomic E-state index is 12.9. The van der Waals surface area contributed by atoms with Crippen molar-refractivity contribution in [3.8, 4) is 0 Å². The molecule has 2 aromatic rings. The second-order valence-electron chi connectivity index (χ2n) is 5.79. The van der Waals surface area contributed by atoms with Gasteiger partial charge in [0, 0.05) is 38.1 Å². The van der Waals surface area contributed by atoms with Crippen LogP contribution in [0, 0.1) is 10.1 Å². The summed E-state index contributed by atoms with van der Waals surface area (Å²) in [5, 5.41) is 14.2. The van der Waals surface area contributed by atoms with Gasteiger partial charge in [-0.3, -0.25) is 14.9 Å². The quantitative estimate of drug-likeness (QED) is 0.495. The number of nitro groups is 1. The van der Waals surface area contributed by atoms with Crippen molar-refractivity contribution >= 4 is 17.3 Å². The van der Waals surface area contributed by atoms with Crippen LogP contribution in [0.5, 0.6) is 0 Å². The number of methoxy groups -OCH3 is 1. The fourth-order valence-electron chi connectivity index (χ4n) is 2.94. The van der Waals surface area contributed by atoms with Crippen LogP contribution in [0.25, 0.3) is 0 Å². The summed E-state index contributed by atoms with van der Waals surface area (Å²) in [6.07, 6.45) is 0.329. The number of para-hydroxylation sites is 1. The molecule has 1 heterocycles. The number of ether oxygens (including phenoxy) is 1. The lowest BCUT2D eigenvalue weighted by Crippen LogP contribution is -2.43. The van der Waals surface area contributed by atoms with Crippen LogP contribution >= 0.6 is 0 Å². The Labute approximate surface area is 145 Å². The van der Waals surface area contributed by atoms with Gasteiger partial charge < -0.3 is 15.0 Å². The first-order valence-electron chi connectivity index (χ1n) is 8.01. The van der Waals surface area contributed by atoms with Gasteiger partial charge in [-0.2, -0.15) is 0 Å². The van der Waals surface area contributed by atoms with Gasteiger partial charge in [-0.25, -0.2) is 0 Å². The van der Waals surface area contributed by atoms with E-state index >= 15 is 0 Å². The van der Waals surface area contributed by atoms with E-state index in [4.69, 9.17) is 4.74 Å². The first kappa shape index (κ1) is 16.9. The van der Waals surface area contributed by atoms with Crippen LogP contribution in [-0.4, -0.2) is 36.0 Å². The molecule has 7 nitrogen and oxygen atoms in total. The molecule has 0 spiro atoms. The minimum Gasteiger partial charge on any atom is -0.385 e. The molecule has 130 valence electrons. The summed E-state index contributed by atoms with van der Waals surface area (Å²) in [5.41, 5.74) is 2.21. The topological polar surface area (TPSA) is 84.7 Å². The van der Waals surface area contributed by atoms with Crippen molar-refractivity contribution in [2.24, 2.45) is 0 Å². The second kappa shape index (κ2) is 7.31. The molecule has 0 saturated carbocycles. The number of nitrogens with zero attached hydrogens (tertiary/aromatic N) is 2. The van der Waals surface area contributed by atoms with Gasteiger partial charge in [-0.15, -0.1) is 0 Å². The predicted octanol–water partition coefficient (Wildman–Crippen LogP) is 3.20. The van der Waals surface area contributed by atoms with Crippen molar-refractivity contribution in [2.75, 3.05) is 25.6 Å². The lowest BCUT2D eigenvalue weighted by Gasteiger charge is -2.38. The molecule has 3 rings (SSSR count). The van der Waals surface area contributed by atoms with Crippen LogP contribution in [0.3, 0.4) is 0 Å². The number of hydrogen-bond donors (Lipinski definition) is 1. The normalized spacial score (nSPS) is 16.3. The van der Waals surface area contributed by atoms with E-state index < -0.39 is 4.92 Å². The minimum absolute atomic E-state index is 0.0252. The van der Waals surface area contributed by atoms with Crippen LogP contribution in [0.15, 0.2) is 48.5 Å². The number of hydrogen-bond acceptors (Lipinski definition) is 5. The number of nitrogens with one attached hydrogen (secondary N) is 1. The average Bonchev–Trinajstić information content (AvgIpc) is 2.63. The number of benzene rings is 2. The first-order valence-corrected chi connectivity index (χ1v) is 8.01. The molecule has 1 atom stereocenters. The van der Waals surface area contributed by atoms with Crippen LogP contribution in [0.1, 0.15) is 28.5 Å². The Kier molecular flexibility index (Phi) is 4.95. The lowest BCUT2D eigenvalue weighted by atomic mass is 10.0. The Balaban J connectivity index is 1.93. The molecule has 1 aliphatic rings. The van der Waals surface area contributed by atoms with E-state index in [1.54, 1.807) is 30.2 Å². The highest BCUT2D eigenvalue weighted by Gasteiger charge is 2.32. The van der Waals surface area contributed by atoms with E-state index in [0.29, 0.717) is 25.1 Å². The van der Waals surface area contributed by atoms with E-state index in [0.717, 1.165) is 11.3 Å². The molecular weight excluding hydrogens is 322 g/mol. The van der Waals surface area contributed by atoms with Crippen molar-refractivity contribution in [1.82, 2.24) is 4.90 Å². The molecule has 0 fully saturated rings. The van der Waals surface area contributed by atoms with Crippen molar-refractivity contribution in [1.29, 1.82) is 0 Å². The van der Waals surface area contributed by atoms with Gasteiger partial charge in [0.2, 0.25) is 0 Å². The van der Waals surface area contributed by atoms with Gasteiger partial charge in [0.25, 0.3) is 11.6 Å². The number of non-ortho nitro benzene ring substituents is 1. The number of carbonyl (C=O) groups is 1. The molecule has 1 N–H and O–H groups in total. The molecule has 7 heteroatoms. The first-order chi connectivity index (χ1) is 12.1. The van der Waals surface area contributed by atoms with Gasteiger partial charge in [0.05, 0.1) is 10.5 Å². The summed E-state index contributed by atoms with van der Waals surface area (Å²) in [5.74, 6) is -0.0613. The molecule has 0 aliphatic carbocycles. The highest BCUT2D eigenvalue weighted by molar-refractivity contribution is 6.01. The molecule has 0 bridgehead atoms. The summed E-state index contributed by atoms with van der Waals surface area (Å²) < 4.78 is 5.09. The Hall–Kier alpha value is -2.93. The van der Waals surface area contributed by atoms with E-state index in [2.05, 4.69) is 5.32 Å². The van der Waals surface area contributed by atoms with Crippen LogP contribution < -0.4 is 5.32 Å². The number of nitro benzene ring substituents is 1. The Morgan fingerprint density at radius 3 is 2.60 bits per heavy atom. The highest BCUT2D eigenvalue weighted by Crippen LogP contribution is 2.33. The zero-order chi connectivity index (χ0) is 17.8. The smallest absolute Gasteiger partial charge is 0.269 e. The van der Waals surface area contributed by atoms with Gasteiger partial charge in [-0.1, -0.05) is 12.1 Å². The molecule has 2 aromatic carbocycles. The van der Waals surface area contributed by atoms with Gasteiger partial charge in [0.1, 0.15) is 6.17 Å². The molecule has 25 heavy (non-hydrogen) atoms. The van der Waals surface area contributed by atoms with E-state index in [1.165, 1.54) is 12.1 Å². The number of anilines is 1. The molecule has 1 unspecified atom stereocenters. The molecule has 1 amide bonds. The minimum atomic E-state index is -0.436. The summed E-state index contributed by atoms with van der Waals surface area (Å²) in [6, 6.07) is 13.6. The predicted molar refractivity (Wildman–Crippen MR) is 93.4 cm³/mol. The van der Waals surface area contributed by atoms with Crippen LogP contribution in [0.4, 0.5) is 11.4 Å². The maximum Gasteiger partial charge on any atom is 0.269 e. The van der Waals surface area contributed by atoms with Crippen molar-refractivity contribution < 1.29 is 14.5 Å². The Bertz CT molecular complexity index is 776. The fourth-order valence-corrected chi connectivity index (χ4v) is 2.94. The monoisotopic (exact) mass is 341 g/mol. The Morgan fingerprint density at radius 1 is 1.20 bits per heavy atom. The third-order valence-electron chi connectivity index (χ3n) is 4.19. The third-order valence-corrected chi connectivity index (χ3v) is 4.19. The summed E-state index contributed by atoms with van der Waals surface area (Å²) in [7, 11) is 1.62. The SMILES string of the molecule is COCCCN1C(=O)c2ccccc2NC1c1ccc([N+](=O)[O-])cc1. The number of fused-ring (bicyclic) bond motifs is 1. The van der Waals surface area contributed by atoms with Crippen molar-refractivity contribution in [3.05, 3.63) is 69.8 Å². The van der Waals surface area contributed by atoms with E-state index in [-0.39, 0.29) is 17.8 Å². The number of carbonyl (C=O) groups excluding carboxylic acids is 1. The summed E-state index contributed by atoms with van der Waals surface area (Å²) >= 11 is 0. The molecule has 0 saturated heterocycles. The Morgan fingerprint density at radius 2 is 1.92 bits per heavy atom. The molecule has 1 aliphatic heterocycles. The van der Waals surface area contributed by atoms with Gasteiger partial charge in [-0.05, 0) is 36.2 Å².